The van der Waals surface area contributed by atoms with Crippen molar-refractivity contribution in [3.8, 4) is 0 Å². The van der Waals surface area contributed by atoms with Gasteiger partial charge in [-0.3, -0.25) is 0 Å². The smallest absolute Gasteiger partial charge is 0.453 e. The molecule has 0 aliphatic carbocycles. The lowest BCUT2D eigenvalue weighted by atomic mass is 10.2. The van der Waals surface area contributed by atoms with E-state index in [-0.39, 0.29) is 7.11 Å². The van der Waals surface area contributed by atoms with E-state index >= 15 is 0 Å². The summed E-state index contributed by atoms with van der Waals surface area (Å²) in [4.78, 5) is 10.9. The number of hydrogen-bond acceptors (Lipinski definition) is 5. The number of rotatable bonds is 12. The van der Waals surface area contributed by atoms with Crippen molar-refractivity contribution in [2.45, 2.75) is 49.3 Å². The highest BCUT2D eigenvalue weighted by Gasteiger charge is 2.81. The van der Waals surface area contributed by atoms with Crippen LogP contribution in [0.25, 0.3) is 0 Å². The van der Waals surface area contributed by atoms with Gasteiger partial charge in [0.15, 0.2) is 6.61 Å². The van der Waals surface area contributed by atoms with Crippen LogP contribution in [0.5, 0.6) is 0 Å². The molecule has 0 aromatic heterocycles. The predicted octanol–water partition coefficient (Wildman–Crippen LogP) is 5.02. The van der Waals surface area contributed by atoms with Crippen LogP contribution in [0.15, 0.2) is 12.2 Å². The summed E-state index contributed by atoms with van der Waals surface area (Å²) in [5.74, 6) is -15.6. The van der Waals surface area contributed by atoms with E-state index in [0.29, 0.717) is 0 Å². The first-order valence-electron chi connectivity index (χ1n) is 7.23. The molecule has 0 aliphatic heterocycles. The third-order valence-corrected chi connectivity index (χ3v) is 3.00. The lowest BCUT2D eigenvalue weighted by Crippen LogP contribution is -2.63. The van der Waals surface area contributed by atoms with E-state index in [1.165, 1.54) is 0 Å². The highest BCUT2D eigenvalue weighted by molar-refractivity contribution is 5.86. The fraction of sp³-hybridized carbons (Fsp3) is 0.769. The SMILES string of the molecule is C=C(C)C(=O)OCC(F)(F)C(F)(F)OC(F)(F)C(F)(F)C(F)(F)OC(F)(F)C(F)(F)OC. The zero-order chi connectivity index (χ0) is 26.2. The second kappa shape index (κ2) is 8.81. The van der Waals surface area contributed by atoms with Gasteiger partial charge in [0.25, 0.3) is 0 Å². The average molecular weight is 512 g/mol. The molecule has 0 amide bonds. The maximum Gasteiger partial charge on any atom is 0.453 e. The van der Waals surface area contributed by atoms with Crippen molar-refractivity contribution >= 4 is 5.97 Å². The summed E-state index contributed by atoms with van der Waals surface area (Å²) in [6.45, 7) is 0.776. The molecule has 0 heterocycles. The fourth-order valence-electron chi connectivity index (χ4n) is 1.24. The van der Waals surface area contributed by atoms with Gasteiger partial charge < -0.3 is 9.47 Å². The van der Waals surface area contributed by atoms with Gasteiger partial charge in [-0.1, -0.05) is 6.58 Å². The topological polar surface area (TPSA) is 54.0 Å². The first kappa shape index (κ1) is 30.1. The van der Waals surface area contributed by atoms with Crippen LogP contribution in [-0.2, 0) is 23.7 Å². The molecular weight excluding hydrogens is 502 g/mol. The Hall–Kier alpha value is -1.89. The second-order valence-corrected chi connectivity index (χ2v) is 5.63. The predicted molar refractivity (Wildman–Crippen MR) is 69.6 cm³/mol. The molecule has 0 rings (SSSR count). The third kappa shape index (κ3) is 5.91. The van der Waals surface area contributed by atoms with E-state index in [9.17, 15) is 66.3 Å². The largest absolute Gasteiger partial charge is 0.456 e. The molecule has 32 heavy (non-hydrogen) atoms. The van der Waals surface area contributed by atoms with Crippen LogP contribution < -0.4 is 0 Å². The number of halogens is 14. The van der Waals surface area contributed by atoms with Gasteiger partial charge in [0.05, 0.1) is 0 Å². The minimum Gasteiger partial charge on any atom is -0.456 e. The Morgan fingerprint density at radius 1 is 0.688 bits per heavy atom. The maximum absolute atomic E-state index is 13.3. The van der Waals surface area contributed by atoms with E-state index in [1.807, 2.05) is 0 Å². The van der Waals surface area contributed by atoms with Gasteiger partial charge in [-0.05, 0) is 6.92 Å². The maximum atomic E-state index is 13.3. The Kier molecular flexibility index (Phi) is 8.29. The lowest BCUT2D eigenvalue weighted by molar-refractivity contribution is -0.545. The molecule has 0 unspecified atom stereocenters. The van der Waals surface area contributed by atoms with Crippen LogP contribution in [-0.4, -0.2) is 62.1 Å². The summed E-state index contributed by atoms with van der Waals surface area (Å²) in [6, 6.07) is 0. The zero-order valence-electron chi connectivity index (χ0n) is 15.2. The Morgan fingerprint density at radius 3 is 1.41 bits per heavy atom. The van der Waals surface area contributed by atoms with Crippen LogP contribution in [0, 0.1) is 0 Å². The third-order valence-electron chi connectivity index (χ3n) is 3.00. The highest BCUT2D eigenvalue weighted by atomic mass is 19.4. The Bertz CT molecular complexity index is 705. The zero-order valence-corrected chi connectivity index (χ0v) is 15.2. The number of hydrogen-bond donors (Lipinski definition) is 0. The molecule has 19 heteroatoms. The monoisotopic (exact) mass is 512 g/mol. The van der Waals surface area contributed by atoms with Gasteiger partial charge in [-0.15, -0.1) is 0 Å². The van der Waals surface area contributed by atoms with Crippen molar-refractivity contribution in [2.75, 3.05) is 13.7 Å². The molecule has 0 aromatic carbocycles. The highest BCUT2D eigenvalue weighted by Crippen LogP contribution is 2.53. The number of ether oxygens (including phenoxy) is 4. The Balaban J connectivity index is 5.86. The van der Waals surface area contributed by atoms with Gasteiger partial charge in [0.2, 0.25) is 0 Å². The van der Waals surface area contributed by atoms with Crippen LogP contribution in [0.3, 0.4) is 0 Å². The van der Waals surface area contributed by atoms with Gasteiger partial charge in [-0.25, -0.2) is 14.3 Å². The second-order valence-electron chi connectivity index (χ2n) is 5.63. The molecule has 0 aromatic rings. The van der Waals surface area contributed by atoms with Gasteiger partial charge in [0.1, 0.15) is 0 Å². The number of carbonyl (C=O) groups is 1. The number of carbonyl (C=O) groups excluding carboxylic acids is 1. The Morgan fingerprint density at radius 2 is 1.06 bits per heavy atom. The summed E-state index contributed by atoms with van der Waals surface area (Å²) in [5, 5.41) is 0. The summed E-state index contributed by atoms with van der Waals surface area (Å²) in [5.41, 5.74) is -0.688. The van der Waals surface area contributed by atoms with Gasteiger partial charge in [-0.2, -0.15) is 61.5 Å². The average Bonchev–Trinajstić information content (AvgIpc) is 2.56. The van der Waals surface area contributed by atoms with Crippen molar-refractivity contribution < 1.29 is 85.2 Å². The molecule has 0 bridgehead atoms. The summed E-state index contributed by atoms with van der Waals surface area (Å²) >= 11 is 0. The molecule has 0 saturated carbocycles. The van der Waals surface area contributed by atoms with E-state index in [0.717, 1.165) is 6.92 Å². The van der Waals surface area contributed by atoms with Crippen molar-refractivity contribution in [3.63, 3.8) is 0 Å². The first-order chi connectivity index (χ1) is 13.8. The van der Waals surface area contributed by atoms with E-state index in [1.54, 1.807) is 9.47 Å². The molecular formula is C13H10F14O5. The van der Waals surface area contributed by atoms with Crippen molar-refractivity contribution in [2.24, 2.45) is 0 Å². The Labute approximate surface area is 167 Å². The normalized spacial score (nSPS) is 15.0. The number of methoxy groups -OCH3 is 1. The van der Waals surface area contributed by atoms with Crippen LogP contribution >= 0.6 is 0 Å². The van der Waals surface area contributed by atoms with E-state index < -0.39 is 60.5 Å². The minimum atomic E-state index is -7.69. The molecule has 190 valence electrons. The summed E-state index contributed by atoms with van der Waals surface area (Å²) in [6.07, 6.45) is -34.6. The number of alkyl halides is 14. The summed E-state index contributed by atoms with van der Waals surface area (Å²) < 4.78 is 193. The van der Waals surface area contributed by atoms with E-state index in [4.69, 9.17) is 0 Å². The first-order valence-corrected chi connectivity index (χ1v) is 7.23. The van der Waals surface area contributed by atoms with Crippen LogP contribution in [0.2, 0.25) is 0 Å². The minimum absolute atomic E-state index is 0.283. The molecule has 0 aliphatic rings. The van der Waals surface area contributed by atoms with Gasteiger partial charge in [0, 0.05) is 12.7 Å². The molecule has 0 N–H and O–H groups in total. The van der Waals surface area contributed by atoms with Crippen molar-refractivity contribution in [1.82, 2.24) is 0 Å². The standard InChI is InChI=1S/C13H10F14O5/c1-5(2)6(28)30-4-7(14,15)9(18,19)31-10(20,21)8(16,17)11(22,23)32-13(26,27)12(24,25)29-3/h1,4H2,2-3H3. The molecule has 0 fully saturated rings. The fourth-order valence-corrected chi connectivity index (χ4v) is 1.24. The molecule has 0 atom stereocenters. The lowest BCUT2D eigenvalue weighted by Gasteiger charge is -2.36. The summed E-state index contributed by atoms with van der Waals surface area (Å²) in [7, 11) is -0.283. The van der Waals surface area contributed by atoms with E-state index in [2.05, 4.69) is 16.1 Å². The molecule has 0 spiro atoms. The van der Waals surface area contributed by atoms with Crippen molar-refractivity contribution in [1.29, 1.82) is 0 Å². The number of esters is 1. The molecule has 5 nitrogen and oxygen atoms in total. The quantitative estimate of drug-likeness (QED) is 0.209. The molecule has 0 radical (unpaired) electrons. The van der Waals surface area contributed by atoms with Crippen LogP contribution in [0.4, 0.5) is 61.5 Å². The van der Waals surface area contributed by atoms with Crippen LogP contribution in [0.1, 0.15) is 6.92 Å². The molecule has 0 saturated heterocycles. The van der Waals surface area contributed by atoms with Crippen molar-refractivity contribution in [3.05, 3.63) is 12.2 Å². The van der Waals surface area contributed by atoms with Gasteiger partial charge >= 0.3 is 48.4 Å².